The number of hydrogen-bond acceptors (Lipinski definition) is 9. The Hall–Kier alpha value is -4.52. The highest BCUT2D eigenvalue weighted by Crippen LogP contribution is 2.35. The van der Waals surface area contributed by atoms with Crippen molar-refractivity contribution in [1.82, 2.24) is 4.90 Å². The van der Waals surface area contributed by atoms with Crippen LogP contribution in [0.1, 0.15) is 72.7 Å². The second kappa shape index (κ2) is 15.9. The van der Waals surface area contributed by atoms with Crippen molar-refractivity contribution in [2.75, 3.05) is 38.2 Å². The lowest BCUT2D eigenvalue weighted by Crippen LogP contribution is -2.35. The number of amides is 2. The van der Waals surface area contributed by atoms with Crippen molar-refractivity contribution in [3.63, 3.8) is 0 Å². The number of cyclic esters (lactones) is 1. The highest BCUT2D eigenvalue weighted by atomic mass is 16.7. The summed E-state index contributed by atoms with van der Waals surface area (Å²) in [6, 6.07) is 18.7. The normalized spacial score (nSPS) is 16.7. The molecule has 1 N–H and O–H groups in total. The fourth-order valence-electron chi connectivity index (χ4n) is 5.40. The van der Waals surface area contributed by atoms with Crippen LogP contribution in [0.15, 0.2) is 66.7 Å². The molecule has 0 radical (unpaired) electrons. The minimum atomic E-state index is -0.646. The first-order valence-electron chi connectivity index (χ1n) is 15.9. The van der Waals surface area contributed by atoms with E-state index >= 15 is 0 Å². The third-order valence-electron chi connectivity index (χ3n) is 7.89. The second-order valence-electron chi connectivity index (χ2n) is 12.0. The van der Waals surface area contributed by atoms with Gasteiger partial charge in [0, 0.05) is 55.9 Å². The number of unbranched alkanes of at least 4 members (excludes halogenated alkanes) is 3. The maximum Gasteiger partial charge on any atom is 0.410 e. The van der Waals surface area contributed by atoms with Gasteiger partial charge in [0.1, 0.15) is 11.9 Å². The molecule has 2 aliphatic heterocycles. The standard InChI is InChI=1S/C35H41N3O9/c1-35(2)45-24-28-20-26(13-14-31(28)47-35)32-22-37(34(40)46-32)15-5-3-4-6-16-43-17-18-44-23-25-9-7-11-29(19-25)36-33(39)27-10-8-12-30(21-27)38(41)42/h7-14,19-21,32H,3-6,15-18,22-24H2,1-2H3,(H,36,39)/t32-/m0/s1. The number of nitrogens with one attached hydrogen (secondary N) is 1. The number of nitro groups is 1. The first kappa shape index (κ1) is 33.8. The van der Waals surface area contributed by atoms with Gasteiger partial charge < -0.3 is 33.9 Å². The predicted octanol–water partition coefficient (Wildman–Crippen LogP) is 6.78. The quantitative estimate of drug-likeness (QED) is 0.101. The largest absolute Gasteiger partial charge is 0.463 e. The van der Waals surface area contributed by atoms with E-state index in [2.05, 4.69) is 5.32 Å². The van der Waals surface area contributed by atoms with Gasteiger partial charge in [-0.3, -0.25) is 14.9 Å². The topological polar surface area (TPSA) is 139 Å². The molecule has 2 heterocycles. The number of carbonyl (C=O) groups excluding carboxylic acids is 2. The summed E-state index contributed by atoms with van der Waals surface area (Å²) in [5.74, 6) is -0.270. The molecule has 0 spiro atoms. The van der Waals surface area contributed by atoms with E-state index in [-0.39, 0.29) is 23.4 Å². The van der Waals surface area contributed by atoms with Crippen LogP contribution in [0.4, 0.5) is 16.2 Å². The first-order chi connectivity index (χ1) is 22.7. The van der Waals surface area contributed by atoms with Crippen molar-refractivity contribution in [2.45, 2.75) is 64.6 Å². The fourth-order valence-corrected chi connectivity index (χ4v) is 5.40. The van der Waals surface area contributed by atoms with E-state index in [0.717, 1.165) is 48.1 Å². The molecule has 12 heteroatoms. The van der Waals surface area contributed by atoms with E-state index in [1.54, 1.807) is 17.0 Å². The van der Waals surface area contributed by atoms with E-state index in [1.165, 1.54) is 24.3 Å². The van der Waals surface area contributed by atoms with Crippen molar-refractivity contribution in [2.24, 2.45) is 0 Å². The van der Waals surface area contributed by atoms with Gasteiger partial charge in [-0.25, -0.2) is 4.79 Å². The molecule has 3 aromatic rings. The van der Waals surface area contributed by atoms with Gasteiger partial charge in [0.05, 0.1) is 37.9 Å². The van der Waals surface area contributed by atoms with E-state index in [0.29, 0.717) is 51.8 Å². The van der Waals surface area contributed by atoms with Crippen LogP contribution in [0.5, 0.6) is 5.75 Å². The van der Waals surface area contributed by atoms with E-state index in [9.17, 15) is 19.7 Å². The molecule has 0 aliphatic carbocycles. The number of carbonyl (C=O) groups is 2. The number of non-ortho nitro benzene ring substituents is 1. The van der Waals surface area contributed by atoms with E-state index in [1.807, 2.05) is 44.2 Å². The maximum atomic E-state index is 12.5. The molecule has 0 aromatic heterocycles. The Morgan fingerprint density at radius 2 is 1.81 bits per heavy atom. The number of ether oxygens (including phenoxy) is 5. The van der Waals surface area contributed by atoms with E-state index in [4.69, 9.17) is 23.7 Å². The molecular formula is C35H41N3O9. The predicted molar refractivity (Wildman–Crippen MR) is 173 cm³/mol. The van der Waals surface area contributed by atoms with Gasteiger partial charge in [0.2, 0.25) is 5.79 Å². The molecule has 3 aromatic carbocycles. The summed E-state index contributed by atoms with van der Waals surface area (Å²) in [6.45, 7) is 7.33. The molecule has 2 aliphatic rings. The van der Waals surface area contributed by atoms with Crippen LogP contribution in [0.3, 0.4) is 0 Å². The van der Waals surface area contributed by atoms with Crippen LogP contribution in [0, 0.1) is 10.1 Å². The van der Waals surface area contributed by atoms with Crippen LogP contribution >= 0.6 is 0 Å². The Labute approximate surface area is 274 Å². The highest BCUT2D eigenvalue weighted by Gasteiger charge is 2.33. The molecule has 0 unspecified atom stereocenters. The summed E-state index contributed by atoms with van der Waals surface area (Å²) in [4.78, 5) is 37.2. The Morgan fingerprint density at radius 3 is 2.66 bits per heavy atom. The minimum Gasteiger partial charge on any atom is -0.463 e. The van der Waals surface area contributed by atoms with Gasteiger partial charge in [-0.15, -0.1) is 0 Å². The van der Waals surface area contributed by atoms with Crippen LogP contribution in [-0.4, -0.2) is 60.5 Å². The molecule has 12 nitrogen and oxygen atoms in total. The van der Waals surface area contributed by atoms with Crippen LogP contribution in [0.25, 0.3) is 0 Å². The van der Waals surface area contributed by atoms with Gasteiger partial charge in [0.15, 0.2) is 0 Å². The molecule has 5 rings (SSSR count). The van der Waals surface area contributed by atoms with Gasteiger partial charge in [-0.1, -0.05) is 37.1 Å². The van der Waals surface area contributed by atoms with Crippen molar-refractivity contribution in [3.05, 3.63) is 99.1 Å². The molecule has 2 amide bonds. The Balaban J connectivity index is 0.904. The van der Waals surface area contributed by atoms with Crippen molar-refractivity contribution < 1.29 is 38.2 Å². The zero-order chi connectivity index (χ0) is 33.2. The van der Waals surface area contributed by atoms with Crippen molar-refractivity contribution in [1.29, 1.82) is 0 Å². The smallest absolute Gasteiger partial charge is 0.410 e. The number of nitro benzene ring substituents is 1. The summed E-state index contributed by atoms with van der Waals surface area (Å²) in [5.41, 5.74) is 3.43. The Kier molecular flexibility index (Phi) is 11.4. The SMILES string of the molecule is CC1(C)OCc2cc([C@@H]3CN(CCCCCCOCCOCc4cccc(NC(=O)c5cccc([N+](=O)[O-])c5)c4)C(=O)O3)ccc2O1. The first-order valence-corrected chi connectivity index (χ1v) is 15.9. The number of hydrogen-bond donors (Lipinski definition) is 1. The van der Waals surface area contributed by atoms with Crippen LogP contribution in [-0.2, 0) is 32.2 Å². The lowest BCUT2D eigenvalue weighted by atomic mass is 10.0. The number of anilines is 1. The summed E-state index contributed by atoms with van der Waals surface area (Å²) < 4.78 is 28.7. The number of benzene rings is 3. The third-order valence-corrected chi connectivity index (χ3v) is 7.89. The van der Waals surface area contributed by atoms with Crippen LogP contribution < -0.4 is 10.1 Å². The minimum absolute atomic E-state index is 0.138. The van der Waals surface area contributed by atoms with Gasteiger partial charge >= 0.3 is 6.09 Å². The summed E-state index contributed by atoms with van der Waals surface area (Å²) in [5, 5.41) is 13.7. The monoisotopic (exact) mass is 647 g/mol. The number of rotatable bonds is 16. The fraction of sp³-hybridized carbons (Fsp3) is 0.429. The van der Waals surface area contributed by atoms with E-state index < -0.39 is 16.6 Å². The van der Waals surface area contributed by atoms with Gasteiger partial charge in [0.25, 0.3) is 11.6 Å². The Morgan fingerprint density at radius 1 is 1.00 bits per heavy atom. The zero-order valence-corrected chi connectivity index (χ0v) is 26.8. The third kappa shape index (κ3) is 9.74. The lowest BCUT2D eigenvalue weighted by molar-refractivity contribution is -0.384. The summed E-state index contributed by atoms with van der Waals surface area (Å²) in [6.07, 6.45) is 3.25. The summed E-state index contributed by atoms with van der Waals surface area (Å²) in [7, 11) is 0. The second-order valence-corrected chi connectivity index (χ2v) is 12.0. The van der Waals surface area contributed by atoms with Gasteiger partial charge in [-0.05, 0) is 54.3 Å². The molecule has 0 bridgehead atoms. The lowest BCUT2D eigenvalue weighted by Gasteiger charge is -2.32. The van der Waals surface area contributed by atoms with Crippen molar-refractivity contribution >= 4 is 23.4 Å². The number of nitrogens with zero attached hydrogens (tertiary/aromatic N) is 2. The van der Waals surface area contributed by atoms with Crippen molar-refractivity contribution in [3.8, 4) is 5.75 Å². The molecule has 1 saturated heterocycles. The average molecular weight is 648 g/mol. The average Bonchev–Trinajstić information content (AvgIpc) is 3.43. The molecule has 47 heavy (non-hydrogen) atoms. The molecule has 250 valence electrons. The molecule has 1 atom stereocenters. The molecule has 1 fully saturated rings. The van der Waals surface area contributed by atoms with Gasteiger partial charge in [-0.2, -0.15) is 0 Å². The molecular weight excluding hydrogens is 606 g/mol. The maximum absolute atomic E-state index is 12.5. The highest BCUT2D eigenvalue weighted by molar-refractivity contribution is 6.04. The van der Waals surface area contributed by atoms with Crippen LogP contribution in [0.2, 0.25) is 0 Å². The zero-order valence-electron chi connectivity index (χ0n) is 26.8. The number of fused-ring (bicyclic) bond motifs is 1. The molecule has 0 saturated carbocycles. The summed E-state index contributed by atoms with van der Waals surface area (Å²) >= 11 is 0. The Bertz CT molecular complexity index is 1560.